The zero-order valence-electron chi connectivity index (χ0n) is 17.6. The maximum atomic E-state index is 12.9. The minimum atomic E-state index is 0.112. The number of carbonyl (C=O) groups is 1. The highest BCUT2D eigenvalue weighted by molar-refractivity contribution is 5.95. The van der Waals surface area contributed by atoms with Gasteiger partial charge in [-0.2, -0.15) is 0 Å². The number of likely N-dealkylation sites (tertiary alicyclic amines) is 2. The first kappa shape index (κ1) is 19.9. The van der Waals surface area contributed by atoms with Gasteiger partial charge in [0.2, 0.25) is 0 Å². The first-order chi connectivity index (χ1) is 14.0. The number of hydrogen-bond donors (Lipinski definition) is 0. The van der Waals surface area contributed by atoms with Crippen molar-refractivity contribution in [2.24, 2.45) is 5.92 Å². The third-order valence-corrected chi connectivity index (χ3v) is 6.40. The Morgan fingerprint density at radius 1 is 1.10 bits per heavy atom. The van der Waals surface area contributed by atoms with Crippen LogP contribution >= 0.6 is 0 Å². The van der Waals surface area contributed by atoms with Crippen LogP contribution < -0.4 is 4.74 Å². The van der Waals surface area contributed by atoms with Gasteiger partial charge in [-0.3, -0.25) is 14.7 Å². The molecule has 1 aromatic carbocycles. The molecule has 0 aliphatic carbocycles. The highest BCUT2D eigenvalue weighted by atomic mass is 16.5. The van der Waals surface area contributed by atoms with Gasteiger partial charge in [-0.05, 0) is 63.8 Å². The smallest absolute Gasteiger partial charge is 0.255 e. The van der Waals surface area contributed by atoms with Crippen LogP contribution in [-0.4, -0.2) is 58.5 Å². The Balaban J connectivity index is 1.40. The summed E-state index contributed by atoms with van der Waals surface area (Å²) in [5.41, 5.74) is 1.53. The largest absolute Gasteiger partial charge is 0.487 e. The number of ether oxygens (including phenoxy) is 1. The summed E-state index contributed by atoms with van der Waals surface area (Å²) in [6.07, 6.45) is 4.01. The molecule has 0 bridgehead atoms. The summed E-state index contributed by atoms with van der Waals surface area (Å²) in [6.45, 7) is 9.01. The Morgan fingerprint density at radius 3 is 2.48 bits per heavy atom. The Labute approximate surface area is 173 Å². The molecule has 3 heterocycles. The summed E-state index contributed by atoms with van der Waals surface area (Å²) in [7, 11) is 0. The second kappa shape index (κ2) is 8.54. The molecule has 2 aliphatic rings. The third kappa shape index (κ3) is 4.15. The van der Waals surface area contributed by atoms with Gasteiger partial charge >= 0.3 is 0 Å². The molecule has 2 aliphatic heterocycles. The summed E-state index contributed by atoms with van der Waals surface area (Å²) in [5.74, 6) is 1.62. The number of nitrogens with zero attached hydrogens (tertiary/aromatic N) is 3. The minimum absolute atomic E-state index is 0.112. The zero-order chi connectivity index (χ0) is 20.4. The maximum absolute atomic E-state index is 12.9. The van der Waals surface area contributed by atoms with Crippen molar-refractivity contribution in [2.45, 2.75) is 51.8 Å². The summed E-state index contributed by atoms with van der Waals surface area (Å²) in [4.78, 5) is 21.7. The molecule has 0 spiro atoms. The molecule has 0 radical (unpaired) electrons. The molecule has 4 rings (SSSR count). The van der Waals surface area contributed by atoms with Crippen LogP contribution in [0.3, 0.4) is 0 Å². The van der Waals surface area contributed by atoms with Crippen LogP contribution in [0, 0.1) is 12.8 Å². The summed E-state index contributed by atoms with van der Waals surface area (Å²) in [6, 6.07) is 14.8. The first-order valence-electron chi connectivity index (χ1n) is 10.7. The normalized spacial score (nSPS) is 23.1. The van der Waals surface area contributed by atoms with Crippen molar-refractivity contribution in [1.29, 1.82) is 0 Å². The van der Waals surface area contributed by atoms with Crippen LogP contribution in [0.5, 0.6) is 5.75 Å². The fraction of sp³-hybridized carbons (Fsp3) is 0.500. The van der Waals surface area contributed by atoms with Gasteiger partial charge in [-0.1, -0.05) is 18.2 Å². The van der Waals surface area contributed by atoms with E-state index in [4.69, 9.17) is 4.74 Å². The Morgan fingerprint density at radius 2 is 1.83 bits per heavy atom. The lowest BCUT2D eigenvalue weighted by molar-refractivity contribution is -0.0983. The molecule has 1 amide bonds. The van der Waals surface area contributed by atoms with Gasteiger partial charge in [0.25, 0.3) is 5.91 Å². The molecule has 1 aromatic heterocycles. The van der Waals surface area contributed by atoms with E-state index in [-0.39, 0.29) is 12.0 Å². The van der Waals surface area contributed by atoms with Gasteiger partial charge in [0.1, 0.15) is 11.9 Å². The van der Waals surface area contributed by atoms with Gasteiger partial charge in [-0.25, -0.2) is 0 Å². The van der Waals surface area contributed by atoms with E-state index in [0.717, 1.165) is 49.5 Å². The van der Waals surface area contributed by atoms with Crippen LogP contribution in [-0.2, 0) is 0 Å². The molecule has 2 fully saturated rings. The molecule has 2 atom stereocenters. The lowest BCUT2D eigenvalue weighted by Crippen LogP contribution is -2.68. The van der Waals surface area contributed by atoms with Crippen molar-refractivity contribution in [3.8, 4) is 5.75 Å². The van der Waals surface area contributed by atoms with Crippen molar-refractivity contribution >= 4 is 5.91 Å². The highest BCUT2D eigenvalue weighted by Crippen LogP contribution is 2.36. The van der Waals surface area contributed by atoms with Gasteiger partial charge in [0, 0.05) is 37.6 Å². The van der Waals surface area contributed by atoms with Crippen molar-refractivity contribution in [3.63, 3.8) is 0 Å². The Kier molecular flexibility index (Phi) is 5.86. The second-order valence-corrected chi connectivity index (χ2v) is 8.52. The number of aryl methyl sites for hydroxylation is 1. The van der Waals surface area contributed by atoms with Gasteiger partial charge < -0.3 is 9.64 Å². The lowest BCUT2D eigenvalue weighted by Gasteiger charge is -2.54. The van der Waals surface area contributed by atoms with Crippen LogP contribution in [0.4, 0.5) is 0 Å². The SMILES string of the molecule is Cc1ncccc1C(=O)N1CCC(C2C(Oc3ccccc3)CN2C(C)C)CC1. The average molecular weight is 394 g/mol. The fourth-order valence-corrected chi connectivity index (χ4v) is 4.75. The number of pyridine rings is 1. The van der Waals surface area contributed by atoms with Gasteiger partial charge in [0.05, 0.1) is 11.6 Å². The Hall–Kier alpha value is -2.40. The number of amides is 1. The van der Waals surface area contributed by atoms with Crippen LogP contribution in [0.2, 0.25) is 0 Å². The Bertz CT molecular complexity index is 831. The van der Waals surface area contributed by atoms with E-state index < -0.39 is 0 Å². The summed E-state index contributed by atoms with van der Waals surface area (Å²) < 4.78 is 6.33. The fourth-order valence-electron chi connectivity index (χ4n) is 4.75. The molecular formula is C24H31N3O2. The molecule has 2 unspecified atom stereocenters. The number of aromatic nitrogens is 1. The molecule has 154 valence electrons. The van der Waals surface area contributed by atoms with E-state index in [1.165, 1.54) is 0 Å². The number of rotatable bonds is 5. The molecule has 5 nitrogen and oxygen atoms in total. The van der Waals surface area contributed by atoms with Crippen molar-refractivity contribution < 1.29 is 9.53 Å². The molecule has 0 N–H and O–H groups in total. The molecular weight excluding hydrogens is 362 g/mol. The van der Waals surface area contributed by atoms with E-state index in [2.05, 4.69) is 23.7 Å². The predicted molar refractivity (Wildman–Crippen MR) is 114 cm³/mol. The van der Waals surface area contributed by atoms with E-state index >= 15 is 0 Å². The first-order valence-corrected chi connectivity index (χ1v) is 10.7. The molecule has 2 aromatic rings. The van der Waals surface area contributed by atoms with E-state index in [1.807, 2.05) is 54.3 Å². The van der Waals surface area contributed by atoms with Gasteiger partial charge in [0.15, 0.2) is 0 Å². The molecule has 5 heteroatoms. The van der Waals surface area contributed by atoms with E-state index in [9.17, 15) is 4.79 Å². The topological polar surface area (TPSA) is 45.7 Å². The predicted octanol–water partition coefficient (Wildman–Crippen LogP) is 3.78. The maximum Gasteiger partial charge on any atom is 0.255 e. The van der Waals surface area contributed by atoms with Crippen molar-refractivity contribution in [1.82, 2.24) is 14.8 Å². The van der Waals surface area contributed by atoms with E-state index in [0.29, 0.717) is 18.0 Å². The quantitative estimate of drug-likeness (QED) is 0.776. The number of hydrogen-bond acceptors (Lipinski definition) is 4. The third-order valence-electron chi connectivity index (χ3n) is 6.40. The van der Waals surface area contributed by atoms with Crippen molar-refractivity contribution in [2.75, 3.05) is 19.6 Å². The lowest BCUT2D eigenvalue weighted by atomic mass is 9.79. The van der Waals surface area contributed by atoms with Crippen LogP contribution in [0.15, 0.2) is 48.7 Å². The molecule has 0 saturated carbocycles. The number of para-hydroxylation sites is 1. The standard InChI is InChI=1S/C24H31N3O2/c1-17(2)27-16-22(29-20-8-5-4-6-9-20)23(27)19-11-14-26(15-12-19)24(28)21-10-7-13-25-18(21)3/h4-10,13,17,19,22-23H,11-12,14-16H2,1-3H3. The van der Waals surface area contributed by atoms with Crippen LogP contribution in [0.25, 0.3) is 0 Å². The molecule has 2 saturated heterocycles. The highest BCUT2D eigenvalue weighted by Gasteiger charge is 2.47. The second-order valence-electron chi connectivity index (χ2n) is 8.52. The van der Waals surface area contributed by atoms with Gasteiger partial charge in [-0.15, -0.1) is 0 Å². The van der Waals surface area contributed by atoms with Crippen molar-refractivity contribution in [3.05, 3.63) is 59.9 Å². The monoisotopic (exact) mass is 393 g/mol. The van der Waals surface area contributed by atoms with E-state index in [1.54, 1.807) is 6.20 Å². The minimum Gasteiger partial charge on any atom is -0.487 e. The average Bonchev–Trinajstić information content (AvgIpc) is 2.72. The number of carbonyl (C=O) groups excluding carboxylic acids is 1. The zero-order valence-corrected chi connectivity index (χ0v) is 17.6. The number of benzene rings is 1. The van der Waals surface area contributed by atoms with Crippen LogP contribution in [0.1, 0.15) is 42.7 Å². The summed E-state index contributed by atoms with van der Waals surface area (Å²) in [5, 5.41) is 0. The number of piperidine rings is 1. The molecule has 29 heavy (non-hydrogen) atoms. The summed E-state index contributed by atoms with van der Waals surface area (Å²) >= 11 is 0.